The Kier molecular flexibility index (Phi) is 6.25. The van der Waals surface area contributed by atoms with Crippen molar-refractivity contribution >= 4 is 23.6 Å². The third-order valence-electron chi connectivity index (χ3n) is 3.90. The van der Waals surface area contributed by atoms with Crippen molar-refractivity contribution in [2.24, 2.45) is 0 Å². The number of carbonyl (C=O) groups is 2. The summed E-state index contributed by atoms with van der Waals surface area (Å²) < 4.78 is 10.6. The van der Waals surface area contributed by atoms with E-state index in [0.717, 1.165) is 4.90 Å². The lowest BCUT2D eigenvalue weighted by atomic mass is 10.2. The molecule has 2 heterocycles. The molecule has 0 bridgehead atoms. The number of morpholine rings is 1. The quantitative estimate of drug-likeness (QED) is 0.752. The van der Waals surface area contributed by atoms with Crippen molar-refractivity contribution in [1.82, 2.24) is 9.88 Å². The van der Waals surface area contributed by atoms with Gasteiger partial charge < -0.3 is 14.4 Å². The van der Waals surface area contributed by atoms with Crippen LogP contribution >= 0.6 is 11.8 Å². The van der Waals surface area contributed by atoms with Crippen molar-refractivity contribution in [2.45, 2.75) is 22.9 Å². The minimum absolute atomic E-state index is 0.206. The summed E-state index contributed by atoms with van der Waals surface area (Å²) in [6.07, 6.45) is 0.778. The lowest BCUT2D eigenvalue weighted by Crippen LogP contribution is -2.46. The van der Waals surface area contributed by atoms with Crippen LogP contribution in [0.3, 0.4) is 0 Å². The number of benzene rings is 1. The van der Waals surface area contributed by atoms with Crippen LogP contribution in [0, 0.1) is 0 Å². The molecule has 0 spiro atoms. The topological polar surface area (TPSA) is 68.7 Å². The molecular weight excluding hydrogens is 352 g/mol. The minimum Gasteiger partial charge on any atom is -0.449 e. The zero-order valence-electron chi connectivity index (χ0n) is 14.5. The molecule has 3 rings (SSSR count). The normalized spacial score (nSPS) is 15.3. The molecule has 1 atom stereocenters. The first-order valence-corrected chi connectivity index (χ1v) is 9.22. The van der Waals surface area contributed by atoms with Crippen molar-refractivity contribution < 1.29 is 19.1 Å². The maximum Gasteiger partial charge on any atom is 0.341 e. The van der Waals surface area contributed by atoms with Crippen molar-refractivity contribution in [3.8, 4) is 0 Å². The Balaban J connectivity index is 1.68. The summed E-state index contributed by atoms with van der Waals surface area (Å²) in [4.78, 5) is 31.9. The van der Waals surface area contributed by atoms with Gasteiger partial charge in [0.2, 0.25) is 0 Å². The van der Waals surface area contributed by atoms with E-state index in [1.165, 1.54) is 11.8 Å². The van der Waals surface area contributed by atoms with Crippen molar-refractivity contribution in [2.75, 3.05) is 26.3 Å². The van der Waals surface area contributed by atoms with Gasteiger partial charge in [-0.3, -0.25) is 4.79 Å². The summed E-state index contributed by atoms with van der Waals surface area (Å²) in [7, 11) is 0. The van der Waals surface area contributed by atoms with Crippen molar-refractivity contribution in [1.29, 1.82) is 0 Å². The lowest BCUT2D eigenvalue weighted by Gasteiger charge is -2.29. The second kappa shape index (κ2) is 8.82. The second-order valence-corrected chi connectivity index (χ2v) is 6.82. The average molecular weight is 372 g/mol. The number of nitrogens with zero attached hydrogens (tertiary/aromatic N) is 2. The summed E-state index contributed by atoms with van der Waals surface area (Å²) in [6, 6.07) is 13.0. The van der Waals surface area contributed by atoms with Gasteiger partial charge in [-0.2, -0.15) is 0 Å². The molecule has 2 aromatic rings. The van der Waals surface area contributed by atoms with E-state index < -0.39 is 12.1 Å². The number of ether oxygens (including phenoxy) is 2. The fourth-order valence-electron chi connectivity index (χ4n) is 2.54. The number of pyridine rings is 1. The van der Waals surface area contributed by atoms with Gasteiger partial charge in [0, 0.05) is 24.2 Å². The van der Waals surface area contributed by atoms with Crippen molar-refractivity contribution in [3.05, 3.63) is 54.2 Å². The Morgan fingerprint density at radius 2 is 1.88 bits per heavy atom. The van der Waals surface area contributed by atoms with Crippen molar-refractivity contribution in [3.63, 3.8) is 0 Å². The molecule has 0 aliphatic carbocycles. The Morgan fingerprint density at radius 1 is 1.15 bits per heavy atom. The third-order valence-corrected chi connectivity index (χ3v) is 4.93. The monoisotopic (exact) mass is 372 g/mol. The van der Waals surface area contributed by atoms with Gasteiger partial charge in [0.05, 0.1) is 18.8 Å². The van der Waals surface area contributed by atoms with Crippen LogP contribution in [0.5, 0.6) is 0 Å². The van der Waals surface area contributed by atoms with Gasteiger partial charge in [-0.15, -0.1) is 0 Å². The Morgan fingerprint density at radius 3 is 2.62 bits per heavy atom. The molecule has 1 saturated heterocycles. The first-order valence-electron chi connectivity index (χ1n) is 8.40. The molecule has 136 valence electrons. The molecule has 0 saturated carbocycles. The van der Waals surface area contributed by atoms with Gasteiger partial charge in [0.15, 0.2) is 6.10 Å². The van der Waals surface area contributed by atoms with Gasteiger partial charge in [0.25, 0.3) is 5.91 Å². The van der Waals surface area contributed by atoms with Crippen LogP contribution in [-0.4, -0.2) is 54.2 Å². The average Bonchev–Trinajstić information content (AvgIpc) is 2.69. The van der Waals surface area contributed by atoms with Crippen LogP contribution in [0.15, 0.2) is 58.6 Å². The van der Waals surface area contributed by atoms with Crippen LogP contribution in [0.1, 0.15) is 17.3 Å². The maximum absolute atomic E-state index is 12.6. The van der Waals surface area contributed by atoms with Gasteiger partial charge in [-0.25, -0.2) is 9.78 Å². The van der Waals surface area contributed by atoms with Crippen LogP contribution < -0.4 is 0 Å². The summed E-state index contributed by atoms with van der Waals surface area (Å²) >= 11 is 1.38. The molecule has 0 unspecified atom stereocenters. The van der Waals surface area contributed by atoms with Gasteiger partial charge in [0.1, 0.15) is 5.03 Å². The first-order chi connectivity index (χ1) is 12.6. The lowest BCUT2D eigenvalue weighted by molar-refractivity contribution is -0.143. The standard InChI is InChI=1S/C19H20N2O4S/c1-14(18(22)21-10-12-24-13-11-21)25-19(23)16-8-5-9-20-17(16)26-15-6-3-2-4-7-15/h2-9,14H,10-13H2,1H3/t14-/m1/s1. The zero-order chi connectivity index (χ0) is 18.4. The molecule has 7 heteroatoms. The maximum atomic E-state index is 12.6. The summed E-state index contributed by atoms with van der Waals surface area (Å²) in [5.41, 5.74) is 0.350. The fraction of sp³-hybridized carbons (Fsp3) is 0.316. The highest BCUT2D eigenvalue weighted by Gasteiger charge is 2.26. The van der Waals surface area contributed by atoms with Gasteiger partial charge in [-0.1, -0.05) is 30.0 Å². The third kappa shape index (κ3) is 4.62. The number of hydrogen-bond acceptors (Lipinski definition) is 6. The molecule has 1 aliphatic heterocycles. The Labute approximate surface area is 156 Å². The molecule has 0 N–H and O–H groups in total. The number of hydrogen-bond donors (Lipinski definition) is 0. The SMILES string of the molecule is C[C@@H](OC(=O)c1cccnc1Sc1ccccc1)C(=O)N1CCOCC1. The van der Waals surface area contributed by atoms with E-state index in [-0.39, 0.29) is 5.91 Å². The predicted octanol–water partition coefficient (Wildman–Crippen LogP) is 2.64. The van der Waals surface area contributed by atoms with Crippen LogP contribution in [0.25, 0.3) is 0 Å². The number of aromatic nitrogens is 1. The summed E-state index contributed by atoms with van der Waals surface area (Å²) in [6.45, 7) is 3.64. The van der Waals surface area contributed by atoms with E-state index in [4.69, 9.17) is 9.47 Å². The highest BCUT2D eigenvalue weighted by molar-refractivity contribution is 7.99. The van der Waals surface area contributed by atoms with E-state index >= 15 is 0 Å². The van der Waals surface area contributed by atoms with Crippen LogP contribution in [0.4, 0.5) is 0 Å². The predicted molar refractivity (Wildman–Crippen MR) is 97.1 cm³/mol. The molecule has 26 heavy (non-hydrogen) atoms. The van der Waals surface area contributed by atoms with E-state index in [1.807, 2.05) is 30.3 Å². The van der Waals surface area contributed by atoms with Crippen LogP contribution in [0.2, 0.25) is 0 Å². The molecule has 6 nitrogen and oxygen atoms in total. The van der Waals surface area contributed by atoms with E-state index in [0.29, 0.717) is 36.9 Å². The second-order valence-electron chi connectivity index (χ2n) is 5.76. The number of amides is 1. The van der Waals surface area contributed by atoms with E-state index in [1.54, 1.807) is 30.2 Å². The molecule has 1 aromatic carbocycles. The number of carbonyl (C=O) groups excluding carboxylic acids is 2. The van der Waals surface area contributed by atoms with Gasteiger partial charge in [-0.05, 0) is 31.2 Å². The first kappa shape index (κ1) is 18.4. The molecule has 1 aromatic heterocycles. The Hall–Kier alpha value is -2.38. The van der Waals surface area contributed by atoms with Crippen LogP contribution in [-0.2, 0) is 14.3 Å². The minimum atomic E-state index is -0.851. The number of rotatable bonds is 5. The molecule has 0 radical (unpaired) electrons. The number of esters is 1. The Bertz CT molecular complexity index is 763. The smallest absolute Gasteiger partial charge is 0.341 e. The summed E-state index contributed by atoms with van der Waals surface area (Å²) in [5, 5.41) is 0.551. The van der Waals surface area contributed by atoms with Gasteiger partial charge >= 0.3 is 5.97 Å². The molecular formula is C19H20N2O4S. The highest BCUT2D eigenvalue weighted by Crippen LogP contribution is 2.28. The summed E-state index contributed by atoms with van der Waals surface area (Å²) in [5.74, 6) is -0.756. The zero-order valence-corrected chi connectivity index (χ0v) is 15.3. The molecule has 1 aliphatic rings. The molecule has 1 amide bonds. The fourth-order valence-corrected chi connectivity index (χ4v) is 3.43. The highest BCUT2D eigenvalue weighted by atomic mass is 32.2. The molecule has 1 fully saturated rings. The van der Waals surface area contributed by atoms with E-state index in [9.17, 15) is 9.59 Å². The largest absolute Gasteiger partial charge is 0.449 e. The van der Waals surface area contributed by atoms with E-state index in [2.05, 4.69) is 4.98 Å².